The van der Waals surface area contributed by atoms with Gasteiger partial charge in [-0.1, -0.05) is 27.2 Å². The fourth-order valence-corrected chi connectivity index (χ4v) is 2.55. The van der Waals surface area contributed by atoms with Crippen LogP contribution in [0.3, 0.4) is 0 Å². The molecule has 1 atom stereocenters. The first-order valence-electron chi connectivity index (χ1n) is 7.10. The predicted molar refractivity (Wildman–Crippen MR) is 76.6 cm³/mol. The molecule has 2 heterocycles. The molecule has 0 radical (unpaired) electrons. The van der Waals surface area contributed by atoms with Gasteiger partial charge < -0.3 is 10.1 Å². The Morgan fingerprint density at radius 2 is 1.95 bits per heavy atom. The number of nitrogens with one attached hydrogen (secondary N) is 1. The zero-order chi connectivity index (χ0) is 14.0. The van der Waals surface area contributed by atoms with Gasteiger partial charge >= 0.3 is 0 Å². The number of methoxy groups -OCH3 is 1. The van der Waals surface area contributed by atoms with E-state index in [4.69, 9.17) is 9.72 Å². The molecular weight excluding hydrogens is 238 g/mol. The Balaban J connectivity index is 2.43. The van der Waals surface area contributed by atoms with Gasteiger partial charge in [-0.15, -0.1) is 0 Å². The molecule has 106 valence electrons. The summed E-state index contributed by atoms with van der Waals surface area (Å²) in [4.78, 5) is 9.32. The molecule has 0 spiro atoms. The lowest BCUT2D eigenvalue weighted by atomic mass is 9.93. The molecule has 0 aliphatic carbocycles. The summed E-state index contributed by atoms with van der Waals surface area (Å²) in [5.74, 6) is 1.58. The van der Waals surface area contributed by atoms with Crippen LogP contribution >= 0.6 is 0 Å². The monoisotopic (exact) mass is 263 g/mol. The number of piperidine rings is 1. The highest BCUT2D eigenvalue weighted by molar-refractivity contribution is 5.35. The van der Waals surface area contributed by atoms with E-state index in [1.807, 2.05) is 0 Å². The first kappa shape index (κ1) is 14.3. The number of nitrogens with zero attached hydrogens (tertiary/aromatic N) is 2. The SMILES string of the molecule is COc1nc(C(C)(C)C)nc(C)c1C1CCCCN1. The van der Waals surface area contributed by atoms with Crippen molar-refractivity contribution in [3.05, 3.63) is 17.1 Å². The van der Waals surface area contributed by atoms with Gasteiger partial charge in [-0.05, 0) is 26.3 Å². The Morgan fingerprint density at radius 3 is 2.47 bits per heavy atom. The average Bonchev–Trinajstić information content (AvgIpc) is 2.37. The number of aryl methyl sites for hydroxylation is 1. The lowest BCUT2D eigenvalue weighted by Crippen LogP contribution is -2.29. The molecule has 1 fully saturated rings. The Bertz CT molecular complexity index is 445. The zero-order valence-electron chi connectivity index (χ0n) is 12.7. The van der Waals surface area contributed by atoms with Crippen LogP contribution in [0.5, 0.6) is 5.88 Å². The summed E-state index contributed by atoms with van der Waals surface area (Å²) < 4.78 is 5.52. The molecule has 1 aliphatic rings. The topological polar surface area (TPSA) is 47.0 Å². The fourth-order valence-electron chi connectivity index (χ4n) is 2.55. The van der Waals surface area contributed by atoms with Crippen LogP contribution in [-0.4, -0.2) is 23.6 Å². The molecule has 0 aromatic carbocycles. The maximum absolute atomic E-state index is 5.52. The largest absolute Gasteiger partial charge is 0.481 e. The minimum atomic E-state index is -0.0590. The molecule has 4 heteroatoms. The number of aromatic nitrogens is 2. The van der Waals surface area contributed by atoms with Gasteiger partial charge in [0.1, 0.15) is 5.82 Å². The Hall–Kier alpha value is -1.16. The van der Waals surface area contributed by atoms with Gasteiger partial charge in [0.2, 0.25) is 5.88 Å². The number of hydrogen-bond donors (Lipinski definition) is 1. The Kier molecular flexibility index (Phi) is 4.09. The highest BCUT2D eigenvalue weighted by Gasteiger charge is 2.26. The van der Waals surface area contributed by atoms with Crippen LogP contribution in [0, 0.1) is 6.92 Å². The van der Waals surface area contributed by atoms with Crippen molar-refractivity contribution in [3.8, 4) is 5.88 Å². The summed E-state index contributed by atoms with van der Waals surface area (Å²) in [6, 6.07) is 0.331. The normalized spacial score (nSPS) is 20.4. The lowest BCUT2D eigenvalue weighted by molar-refractivity contribution is 0.353. The minimum absolute atomic E-state index is 0.0590. The highest BCUT2D eigenvalue weighted by atomic mass is 16.5. The maximum Gasteiger partial charge on any atom is 0.221 e. The van der Waals surface area contributed by atoms with Gasteiger partial charge in [0, 0.05) is 17.2 Å². The molecule has 4 nitrogen and oxygen atoms in total. The first-order valence-corrected chi connectivity index (χ1v) is 7.10. The van der Waals surface area contributed by atoms with E-state index in [1.54, 1.807) is 7.11 Å². The molecule has 1 saturated heterocycles. The predicted octanol–water partition coefficient (Wildman–Crippen LogP) is 2.91. The van der Waals surface area contributed by atoms with Crippen molar-refractivity contribution >= 4 is 0 Å². The van der Waals surface area contributed by atoms with Crippen molar-refractivity contribution in [1.29, 1.82) is 0 Å². The van der Waals surface area contributed by atoms with Gasteiger partial charge in [-0.3, -0.25) is 0 Å². The van der Waals surface area contributed by atoms with E-state index in [-0.39, 0.29) is 5.41 Å². The van der Waals surface area contributed by atoms with Gasteiger partial charge in [0.15, 0.2) is 0 Å². The summed E-state index contributed by atoms with van der Waals surface area (Å²) in [5.41, 5.74) is 2.11. The summed E-state index contributed by atoms with van der Waals surface area (Å²) >= 11 is 0. The van der Waals surface area contributed by atoms with E-state index in [0.29, 0.717) is 6.04 Å². The first-order chi connectivity index (χ1) is 8.93. The Labute approximate surface area is 116 Å². The van der Waals surface area contributed by atoms with Crippen LogP contribution in [0.25, 0.3) is 0 Å². The molecule has 1 aromatic rings. The van der Waals surface area contributed by atoms with Crippen molar-refractivity contribution in [2.45, 2.75) is 58.4 Å². The maximum atomic E-state index is 5.52. The van der Waals surface area contributed by atoms with Crippen molar-refractivity contribution in [2.24, 2.45) is 0 Å². The van der Waals surface area contributed by atoms with E-state index >= 15 is 0 Å². The van der Waals surface area contributed by atoms with E-state index in [0.717, 1.165) is 35.9 Å². The second-order valence-corrected chi connectivity index (χ2v) is 6.31. The summed E-state index contributed by atoms with van der Waals surface area (Å²) in [5, 5.41) is 3.55. The van der Waals surface area contributed by atoms with Crippen LogP contribution in [0.15, 0.2) is 0 Å². The van der Waals surface area contributed by atoms with Crippen molar-refractivity contribution in [1.82, 2.24) is 15.3 Å². The standard InChI is InChI=1S/C15H25N3O/c1-10-12(11-8-6-7-9-16-11)13(19-5)18-14(17-10)15(2,3)4/h11,16H,6-9H2,1-5H3. The van der Waals surface area contributed by atoms with E-state index < -0.39 is 0 Å². The van der Waals surface area contributed by atoms with Crippen LogP contribution in [0.2, 0.25) is 0 Å². The van der Waals surface area contributed by atoms with Crippen LogP contribution in [0.4, 0.5) is 0 Å². The summed E-state index contributed by atoms with van der Waals surface area (Å²) in [7, 11) is 1.69. The number of ether oxygens (including phenoxy) is 1. The van der Waals surface area contributed by atoms with Crippen LogP contribution < -0.4 is 10.1 Å². The zero-order valence-corrected chi connectivity index (χ0v) is 12.7. The van der Waals surface area contributed by atoms with E-state index in [1.165, 1.54) is 12.8 Å². The summed E-state index contributed by atoms with van der Waals surface area (Å²) in [6.45, 7) is 9.50. The smallest absolute Gasteiger partial charge is 0.221 e. The lowest BCUT2D eigenvalue weighted by Gasteiger charge is -2.27. The molecule has 1 aromatic heterocycles. The molecule has 0 bridgehead atoms. The van der Waals surface area contributed by atoms with E-state index in [2.05, 4.69) is 38.0 Å². The van der Waals surface area contributed by atoms with Gasteiger partial charge in [0.05, 0.1) is 12.7 Å². The summed E-state index contributed by atoms with van der Waals surface area (Å²) in [6.07, 6.45) is 3.63. The van der Waals surface area contributed by atoms with Crippen molar-refractivity contribution in [3.63, 3.8) is 0 Å². The molecule has 19 heavy (non-hydrogen) atoms. The molecule has 0 saturated carbocycles. The highest BCUT2D eigenvalue weighted by Crippen LogP contribution is 2.33. The molecule has 1 unspecified atom stereocenters. The van der Waals surface area contributed by atoms with Crippen molar-refractivity contribution in [2.75, 3.05) is 13.7 Å². The third kappa shape index (κ3) is 3.06. The second-order valence-electron chi connectivity index (χ2n) is 6.31. The molecule has 1 aliphatic heterocycles. The quantitative estimate of drug-likeness (QED) is 0.891. The third-order valence-corrected chi connectivity index (χ3v) is 3.62. The van der Waals surface area contributed by atoms with Crippen LogP contribution in [-0.2, 0) is 5.41 Å². The van der Waals surface area contributed by atoms with Crippen LogP contribution in [0.1, 0.15) is 63.2 Å². The fraction of sp³-hybridized carbons (Fsp3) is 0.733. The van der Waals surface area contributed by atoms with Gasteiger partial charge in [0.25, 0.3) is 0 Å². The average molecular weight is 263 g/mol. The van der Waals surface area contributed by atoms with E-state index in [9.17, 15) is 0 Å². The second kappa shape index (κ2) is 5.45. The molecule has 0 amide bonds. The molecule has 1 N–H and O–H groups in total. The Morgan fingerprint density at radius 1 is 1.21 bits per heavy atom. The van der Waals surface area contributed by atoms with Gasteiger partial charge in [-0.25, -0.2) is 4.98 Å². The number of hydrogen-bond acceptors (Lipinski definition) is 4. The molecule has 2 rings (SSSR count). The van der Waals surface area contributed by atoms with Crippen molar-refractivity contribution < 1.29 is 4.74 Å². The van der Waals surface area contributed by atoms with Gasteiger partial charge in [-0.2, -0.15) is 4.98 Å². The third-order valence-electron chi connectivity index (χ3n) is 3.62. The minimum Gasteiger partial charge on any atom is -0.481 e. The molecular formula is C15H25N3O. The number of rotatable bonds is 2.